The fraction of sp³-hybridized carbons (Fsp3) is 0.583. The smallest absolute Gasteiger partial charge is 0.416 e. The van der Waals surface area contributed by atoms with Crippen LogP contribution in [-0.2, 0) is 33.2 Å². The van der Waals surface area contributed by atoms with Crippen LogP contribution in [0.1, 0.15) is 95.2 Å². The minimum absolute atomic E-state index is 0.0571. The Morgan fingerprint density at radius 1 is 0.863 bits per heavy atom. The number of nitrogens with one attached hydrogen (secondary N) is 1. The van der Waals surface area contributed by atoms with E-state index in [-0.39, 0.29) is 59.9 Å². The molecule has 1 aliphatic carbocycles. The molecule has 9 nitrogen and oxygen atoms in total. The number of ether oxygens (including phenoxy) is 1. The van der Waals surface area contributed by atoms with E-state index >= 15 is 0 Å². The maximum absolute atomic E-state index is 14.1. The average Bonchev–Trinajstić information content (AvgIpc) is 3.65. The zero-order valence-electron chi connectivity index (χ0n) is 28.9. The van der Waals surface area contributed by atoms with Gasteiger partial charge in [0.2, 0.25) is 11.9 Å². The molecule has 3 heterocycles. The van der Waals surface area contributed by atoms with Gasteiger partial charge in [-0.25, -0.2) is 9.97 Å². The number of carbonyl (C=O) groups excluding carboxylic acids is 2. The van der Waals surface area contributed by atoms with E-state index in [1.165, 1.54) is 0 Å². The van der Waals surface area contributed by atoms with Crippen LogP contribution < -0.4 is 4.90 Å². The molecular weight excluding hydrogens is 678 g/mol. The molecule has 2 fully saturated rings. The highest BCUT2D eigenvalue weighted by Crippen LogP contribution is 2.40. The highest BCUT2D eigenvalue weighted by atomic mass is 19.4. The van der Waals surface area contributed by atoms with Crippen molar-refractivity contribution in [2.75, 3.05) is 11.5 Å². The largest absolute Gasteiger partial charge is 0.466 e. The molecule has 3 aromatic rings. The third kappa shape index (κ3) is 9.20. The quantitative estimate of drug-likeness (QED) is 0.157. The number of rotatable bonds is 11. The van der Waals surface area contributed by atoms with Crippen molar-refractivity contribution in [3.05, 3.63) is 59.7 Å². The minimum atomic E-state index is -4.99. The van der Waals surface area contributed by atoms with Gasteiger partial charge < -0.3 is 14.5 Å². The molecule has 0 spiro atoms. The molecule has 0 radical (unpaired) electrons. The van der Waals surface area contributed by atoms with Crippen LogP contribution in [0.3, 0.4) is 0 Å². The Morgan fingerprint density at radius 2 is 1.45 bits per heavy atom. The molecule has 0 bridgehead atoms. The first kappa shape index (κ1) is 38.1. The van der Waals surface area contributed by atoms with Crippen molar-refractivity contribution in [3.8, 4) is 11.1 Å². The number of hydrogen-bond donors (Lipinski definition) is 1. The number of halogens is 6. The molecule has 1 aromatic carbocycles. The summed E-state index contributed by atoms with van der Waals surface area (Å²) in [6.07, 6.45) is 1.54. The van der Waals surface area contributed by atoms with Gasteiger partial charge >= 0.3 is 18.3 Å². The molecular formula is C36H44F6N6O3. The zero-order valence-corrected chi connectivity index (χ0v) is 28.9. The van der Waals surface area contributed by atoms with Crippen molar-refractivity contribution in [2.24, 2.45) is 11.8 Å². The molecule has 1 amide bonds. The lowest BCUT2D eigenvalue weighted by atomic mass is 9.78. The van der Waals surface area contributed by atoms with Crippen LogP contribution in [0.4, 0.5) is 32.3 Å². The Hall–Kier alpha value is -4.17. The lowest BCUT2D eigenvalue weighted by Crippen LogP contribution is -2.58. The van der Waals surface area contributed by atoms with E-state index in [9.17, 15) is 35.9 Å². The fourth-order valence-corrected chi connectivity index (χ4v) is 7.57. The van der Waals surface area contributed by atoms with Crippen LogP contribution in [0, 0.1) is 11.8 Å². The Balaban J connectivity index is 1.43. The van der Waals surface area contributed by atoms with E-state index in [2.05, 4.69) is 20.2 Å². The molecule has 2 unspecified atom stereocenters. The number of H-pyrrole nitrogens is 1. The van der Waals surface area contributed by atoms with E-state index in [1.54, 1.807) is 36.6 Å². The topological polar surface area (TPSA) is 104 Å². The van der Waals surface area contributed by atoms with E-state index < -0.39 is 29.5 Å². The normalized spacial score (nSPS) is 22.8. The van der Waals surface area contributed by atoms with Gasteiger partial charge in [-0.1, -0.05) is 13.8 Å². The van der Waals surface area contributed by atoms with Crippen molar-refractivity contribution in [3.63, 3.8) is 0 Å². The summed E-state index contributed by atoms with van der Waals surface area (Å²) in [4.78, 5) is 38.9. The van der Waals surface area contributed by atoms with Crippen molar-refractivity contribution in [1.29, 1.82) is 0 Å². The summed E-state index contributed by atoms with van der Waals surface area (Å²) in [5, 5.41) is 6.64. The Bertz CT molecular complexity index is 1560. The molecule has 2 aliphatic rings. The summed E-state index contributed by atoms with van der Waals surface area (Å²) < 4.78 is 88.1. The predicted molar refractivity (Wildman–Crippen MR) is 177 cm³/mol. The number of esters is 1. The van der Waals surface area contributed by atoms with E-state index in [4.69, 9.17) is 4.74 Å². The standard InChI is InChI=1S/C36H44F6N6O3/c1-4-29-15-31(16-30(5-2)48(29)33(50)24-9-7-22(8-10-24)13-32(49)51-6-3)47(34-43-17-25(18-44-34)26-19-45-46-20-26)21-23-11-27(35(37,38)39)14-28(12-23)36(40,41)42/h11-12,14,17-20,22,24,29-31H,4-10,13,15-16,21H2,1-3H3,(H,45,46). The van der Waals surface area contributed by atoms with Crippen LogP contribution in [0.2, 0.25) is 0 Å². The monoisotopic (exact) mass is 722 g/mol. The number of hydrogen-bond acceptors (Lipinski definition) is 7. The van der Waals surface area contributed by atoms with Crippen molar-refractivity contribution >= 4 is 17.8 Å². The number of aromatic nitrogens is 4. The number of anilines is 1. The highest BCUT2D eigenvalue weighted by Gasteiger charge is 2.43. The molecule has 5 rings (SSSR count). The highest BCUT2D eigenvalue weighted by molar-refractivity contribution is 5.80. The van der Waals surface area contributed by atoms with Crippen LogP contribution in [0.25, 0.3) is 11.1 Å². The number of alkyl halides is 6. The van der Waals surface area contributed by atoms with Gasteiger partial charge in [-0.15, -0.1) is 0 Å². The number of aromatic amines is 1. The van der Waals surface area contributed by atoms with Gasteiger partial charge in [0.05, 0.1) is 23.9 Å². The molecule has 1 N–H and O–H groups in total. The van der Waals surface area contributed by atoms with Gasteiger partial charge in [-0.05, 0) is 88.0 Å². The van der Waals surface area contributed by atoms with Crippen LogP contribution in [0.15, 0.2) is 43.0 Å². The Morgan fingerprint density at radius 3 is 1.94 bits per heavy atom. The van der Waals surface area contributed by atoms with Gasteiger partial charge in [0.1, 0.15) is 0 Å². The number of benzene rings is 1. The Labute approximate surface area is 293 Å². The van der Waals surface area contributed by atoms with E-state index in [0.29, 0.717) is 62.7 Å². The average molecular weight is 723 g/mol. The second-order valence-corrected chi connectivity index (χ2v) is 13.5. The van der Waals surface area contributed by atoms with Crippen molar-refractivity contribution in [2.45, 2.75) is 116 Å². The molecule has 51 heavy (non-hydrogen) atoms. The maximum atomic E-state index is 14.1. The summed E-state index contributed by atoms with van der Waals surface area (Å²) in [6, 6.07) is 0.768. The van der Waals surface area contributed by atoms with E-state index in [0.717, 1.165) is 25.0 Å². The molecule has 1 aliphatic heterocycles. The summed E-state index contributed by atoms with van der Waals surface area (Å²) in [6.45, 7) is 5.73. The van der Waals surface area contributed by atoms with Crippen LogP contribution >= 0.6 is 0 Å². The maximum Gasteiger partial charge on any atom is 0.416 e. The molecule has 278 valence electrons. The number of amides is 1. The first-order valence-corrected chi connectivity index (χ1v) is 17.6. The van der Waals surface area contributed by atoms with Crippen molar-refractivity contribution < 1.29 is 40.7 Å². The third-order valence-corrected chi connectivity index (χ3v) is 10.2. The van der Waals surface area contributed by atoms with Crippen LogP contribution in [0.5, 0.6) is 0 Å². The molecule has 1 saturated carbocycles. The lowest BCUT2D eigenvalue weighted by Gasteiger charge is -2.49. The van der Waals surface area contributed by atoms with Gasteiger partial charge in [0, 0.05) is 66.7 Å². The second-order valence-electron chi connectivity index (χ2n) is 13.5. The fourth-order valence-electron chi connectivity index (χ4n) is 7.57. The number of nitrogens with zero attached hydrogens (tertiary/aromatic N) is 5. The molecule has 1 saturated heterocycles. The molecule has 15 heteroatoms. The lowest BCUT2D eigenvalue weighted by molar-refractivity contribution is -0.146. The summed E-state index contributed by atoms with van der Waals surface area (Å²) in [5.41, 5.74) is -1.63. The van der Waals surface area contributed by atoms with E-state index in [1.807, 2.05) is 18.7 Å². The number of likely N-dealkylation sites (tertiary alicyclic amines) is 1. The summed E-state index contributed by atoms with van der Waals surface area (Å²) in [5.74, 6) is -0.0333. The van der Waals surface area contributed by atoms with Crippen molar-refractivity contribution in [1.82, 2.24) is 25.1 Å². The number of carbonyl (C=O) groups is 2. The van der Waals surface area contributed by atoms with Crippen LogP contribution in [-0.4, -0.2) is 61.7 Å². The second kappa shape index (κ2) is 16.0. The summed E-state index contributed by atoms with van der Waals surface area (Å²) in [7, 11) is 0. The minimum Gasteiger partial charge on any atom is -0.466 e. The van der Waals surface area contributed by atoms with Gasteiger partial charge in [0.15, 0.2) is 0 Å². The molecule has 2 atom stereocenters. The predicted octanol–water partition coefficient (Wildman–Crippen LogP) is 8.22. The number of piperidine rings is 1. The Kier molecular flexibility index (Phi) is 12.0. The summed E-state index contributed by atoms with van der Waals surface area (Å²) >= 11 is 0. The van der Waals surface area contributed by atoms with Gasteiger partial charge in [-0.2, -0.15) is 31.4 Å². The first-order chi connectivity index (χ1) is 24.2. The zero-order chi connectivity index (χ0) is 36.9. The first-order valence-electron chi connectivity index (χ1n) is 17.6. The SMILES string of the molecule is CCOC(=O)CC1CCC(C(=O)N2C(CC)CC(N(Cc3cc(C(F)(F)F)cc(C(F)(F)F)c3)c3ncc(-c4cn[nH]c4)cn3)CC2CC)CC1. The van der Waals surface area contributed by atoms with Gasteiger partial charge in [0.25, 0.3) is 0 Å². The third-order valence-electron chi connectivity index (χ3n) is 10.2. The van der Waals surface area contributed by atoms with Gasteiger partial charge in [-0.3, -0.25) is 14.7 Å². The molecule has 2 aromatic heterocycles.